The Bertz CT molecular complexity index is 568. The van der Waals surface area contributed by atoms with Crippen molar-refractivity contribution in [3.05, 3.63) is 52.1 Å². The lowest BCUT2D eigenvalue weighted by atomic mass is 10.0. The molecule has 2 rings (SSSR count). The Morgan fingerprint density at radius 3 is 2.72 bits per heavy atom. The third kappa shape index (κ3) is 2.71. The number of rotatable bonds is 3. The number of aliphatic hydroxyl groups excluding tert-OH is 1. The number of halogens is 2. The summed E-state index contributed by atoms with van der Waals surface area (Å²) in [6.45, 7) is 1.89. The van der Waals surface area contributed by atoms with Crippen molar-refractivity contribution in [2.75, 3.05) is 0 Å². The Morgan fingerprint density at radius 1 is 1.44 bits per heavy atom. The normalized spacial score (nSPS) is 12.7. The molecule has 0 aliphatic rings. The van der Waals surface area contributed by atoms with Gasteiger partial charge in [-0.2, -0.15) is 5.10 Å². The summed E-state index contributed by atoms with van der Waals surface area (Å²) < 4.78 is 14.8. The minimum atomic E-state index is -0.724. The third-order valence-corrected chi connectivity index (χ3v) is 3.12. The average molecular weight is 269 g/mol. The van der Waals surface area contributed by atoms with Crippen molar-refractivity contribution >= 4 is 11.6 Å². The van der Waals surface area contributed by atoms with Crippen molar-refractivity contribution in [1.29, 1.82) is 0 Å². The molecule has 1 aromatic carbocycles. The highest BCUT2D eigenvalue weighted by Crippen LogP contribution is 2.23. The summed E-state index contributed by atoms with van der Waals surface area (Å²) in [5, 5.41) is 14.3. The molecule has 3 nitrogen and oxygen atoms in total. The standard InChI is InChI=1S/C13H14ClFN2O/c1-8-5-10(17(2)16-8)7-13(18)9-3-4-12(15)11(14)6-9/h3-6,13,18H,7H2,1-2H3. The van der Waals surface area contributed by atoms with Crippen molar-refractivity contribution in [3.63, 3.8) is 0 Å². The van der Waals surface area contributed by atoms with Crippen LogP contribution in [0.3, 0.4) is 0 Å². The van der Waals surface area contributed by atoms with E-state index in [2.05, 4.69) is 5.10 Å². The summed E-state index contributed by atoms with van der Waals surface area (Å²) in [5.74, 6) is -0.482. The van der Waals surface area contributed by atoms with Gasteiger partial charge in [0.25, 0.3) is 0 Å². The van der Waals surface area contributed by atoms with Gasteiger partial charge in [0.2, 0.25) is 0 Å². The van der Waals surface area contributed by atoms with E-state index in [1.807, 2.05) is 20.0 Å². The van der Waals surface area contributed by atoms with Crippen molar-refractivity contribution in [2.45, 2.75) is 19.4 Å². The van der Waals surface area contributed by atoms with Gasteiger partial charge >= 0.3 is 0 Å². The molecule has 0 aliphatic heterocycles. The molecular formula is C13H14ClFN2O. The highest BCUT2D eigenvalue weighted by Gasteiger charge is 2.13. The lowest BCUT2D eigenvalue weighted by Gasteiger charge is -2.11. The molecule has 0 saturated carbocycles. The van der Waals surface area contributed by atoms with Gasteiger partial charge in [-0.15, -0.1) is 0 Å². The van der Waals surface area contributed by atoms with Gasteiger partial charge in [0.05, 0.1) is 16.8 Å². The number of benzene rings is 1. The summed E-state index contributed by atoms with van der Waals surface area (Å²) in [6.07, 6.45) is -0.308. The molecule has 0 fully saturated rings. The van der Waals surface area contributed by atoms with Gasteiger partial charge in [-0.1, -0.05) is 17.7 Å². The fourth-order valence-corrected chi connectivity index (χ4v) is 2.08. The number of aromatic nitrogens is 2. The molecule has 1 unspecified atom stereocenters. The molecular weight excluding hydrogens is 255 g/mol. The van der Waals surface area contributed by atoms with Crippen LogP contribution in [0.4, 0.5) is 4.39 Å². The Labute approximate surface area is 110 Å². The van der Waals surface area contributed by atoms with Gasteiger partial charge in [0.15, 0.2) is 0 Å². The van der Waals surface area contributed by atoms with Crippen LogP contribution < -0.4 is 0 Å². The van der Waals surface area contributed by atoms with Gasteiger partial charge in [-0.3, -0.25) is 4.68 Å². The third-order valence-electron chi connectivity index (χ3n) is 2.83. The maximum Gasteiger partial charge on any atom is 0.141 e. The predicted octanol–water partition coefficient (Wildman–Crippen LogP) is 2.80. The van der Waals surface area contributed by atoms with Crippen LogP contribution in [0, 0.1) is 12.7 Å². The van der Waals surface area contributed by atoms with E-state index >= 15 is 0 Å². The monoisotopic (exact) mass is 268 g/mol. The second-order valence-corrected chi connectivity index (χ2v) is 4.70. The van der Waals surface area contributed by atoms with Gasteiger partial charge in [-0.25, -0.2) is 4.39 Å². The van der Waals surface area contributed by atoms with Crippen LogP contribution in [0.5, 0.6) is 0 Å². The highest BCUT2D eigenvalue weighted by atomic mass is 35.5. The average Bonchev–Trinajstić information content (AvgIpc) is 2.61. The van der Waals surface area contributed by atoms with Gasteiger partial charge in [0, 0.05) is 19.2 Å². The number of nitrogens with zero attached hydrogens (tertiary/aromatic N) is 2. The van der Waals surface area contributed by atoms with Gasteiger partial charge < -0.3 is 5.11 Å². The molecule has 0 bridgehead atoms. The predicted molar refractivity (Wildman–Crippen MR) is 68.0 cm³/mol. The fraction of sp³-hybridized carbons (Fsp3) is 0.308. The first-order valence-electron chi connectivity index (χ1n) is 5.60. The Balaban J connectivity index is 2.19. The zero-order chi connectivity index (χ0) is 13.3. The summed E-state index contributed by atoms with van der Waals surface area (Å²) in [5.41, 5.74) is 2.41. The van der Waals surface area contributed by atoms with E-state index in [-0.39, 0.29) is 5.02 Å². The van der Waals surface area contributed by atoms with E-state index in [1.165, 1.54) is 18.2 Å². The van der Waals surface area contributed by atoms with Crippen LogP contribution in [0.15, 0.2) is 24.3 Å². The van der Waals surface area contributed by atoms with Crippen LogP contribution >= 0.6 is 11.6 Å². The van der Waals surface area contributed by atoms with Crippen molar-refractivity contribution < 1.29 is 9.50 Å². The second-order valence-electron chi connectivity index (χ2n) is 4.29. The zero-order valence-electron chi connectivity index (χ0n) is 10.2. The zero-order valence-corrected chi connectivity index (χ0v) is 10.9. The smallest absolute Gasteiger partial charge is 0.141 e. The van der Waals surface area contributed by atoms with Crippen LogP contribution in [-0.2, 0) is 13.5 Å². The van der Waals surface area contributed by atoms with E-state index in [0.717, 1.165) is 11.4 Å². The molecule has 1 heterocycles. The lowest BCUT2D eigenvalue weighted by molar-refractivity contribution is 0.175. The molecule has 1 N–H and O–H groups in total. The first kappa shape index (κ1) is 13.1. The van der Waals surface area contributed by atoms with E-state index in [9.17, 15) is 9.50 Å². The summed E-state index contributed by atoms with van der Waals surface area (Å²) in [4.78, 5) is 0. The van der Waals surface area contributed by atoms with E-state index in [1.54, 1.807) is 4.68 Å². The van der Waals surface area contributed by atoms with Crippen LogP contribution in [0.25, 0.3) is 0 Å². The fourth-order valence-electron chi connectivity index (χ4n) is 1.89. The summed E-state index contributed by atoms with van der Waals surface area (Å²) in [6, 6.07) is 6.16. The maximum absolute atomic E-state index is 13.0. The van der Waals surface area contributed by atoms with Crippen LogP contribution in [0.1, 0.15) is 23.1 Å². The number of hydrogen-bond donors (Lipinski definition) is 1. The summed E-state index contributed by atoms with van der Waals surface area (Å²) >= 11 is 5.69. The van der Waals surface area contributed by atoms with Crippen molar-refractivity contribution in [1.82, 2.24) is 9.78 Å². The molecule has 0 amide bonds. The number of aryl methyl sites for hydroxylation is 2. The Kier molecular flexibility index (Phi) is 3.68. The summed E-state index contributed by atoms with van der Waals surface area (Å²) in [7, 11) is 1.83. The highest BCUT2D eigenvalue weighted by molar-refractivity contribution is 6.30. The first-order valence-corrected chi connectivity index (χ1v) is 5.97. The van der Waals surface area contributed by atoms with E-state index in [4.69, 9.17) is 11.6 Å². The maximum atomic E-state index is 13.0. The minimum absolute atomic E-state index is 0.0211. The van der Waals surface area contributed by atoms with E-state index in [0.29, 0.717) is 12.0 Å². The Hall–Kier alpha value is -1.39. The number of hydrogen-bond acceptors (Lipinski definition) is 2. The molecule has 0 aliphatic carbocycles. The largest absolute Gasteiger partial charge is 0.388 e. The molecule has 5 heteroatoms. The van der Waals surface area contributed by atoms with Crippen LogP contribution in [0.2, 0.25) is 5.02 Å². The van der Waals surface area contributed by atoms with Crippen molar-refractivity contribution in [2.24, 2.45) is 7.05 Å². The lowest BCUT2D eigenvalue weighted by Crippen LogP contribution is -2.06. The molecule has 0 radical (unpaired) electrons. The van der Waals surface area contributed by atoms with Crippen LogP contribution in [-0.4, -0.2) is 14.9 Å². The molecule has 1 aromatic heterocycles. The van der Waals surface area contributed by atoms with Gasteiger partial charge in [-0.05, 0) is 30.7 Å². The number of aliphatic hydroxyl groups is 1. The molecule has 18 heavy (non-hydrogen) atoms. The van der Waals surface area contributed by atoms with Gasteiger partial charge in [0.1, 0.15) is 5.82 Å². The molecule has 2 aromatic rings. The minimum Gasteiger partial charge on any atom is -0.388 e. The Morgan fingerprint density at radius 2 is 2.17 bits per heavy atom. The van der Waals surface area contributed by atoms with E-state index < -0.39 is 11.9 Å². The first-order chi connectivity index (χ1) is 8.47. The van der Waals surface area contributed by atoms with Crippen molar-refractivity contribution in [3.8, 4) is 0 Å². The quantitative estimate of drug-likeness (QED) is 0.930. The molecule has 0 saturated heterocycles. The second kappa shape index (κ2) is 5.08. The topological polar surface area (TPSA) is 38.0 Å². The molecule has 1 atom stereocenters. The molecule has 0 spiro atoms. The SMILES string of the molecule is Cc1cc(CC(O)c2ccc(F)c(Cl)c2)n(C)n1. The molecule has 96 valence electrons.